The molecule has 3 aromatic rings. The Hall–Kier alpha value is -1.66. The largest absolute Gasteiger partial charge is 0.349 e. The molecular formula is C20H23Cl2N3OS. The van der Waals surface area contributed by atoms with Gasteiger partial charge in [0.1, 0.15) is 0 Å². The van der Waals surface area contributed by atoms with Crippen LogP contribution in [-0.4, -0.2) is 23.0 Å². The molecule has 1 fully saturated rings. The van der Waals surface area contributed by atoms with E-state index in [0.29, 0.717) is 5.56 Å². The Balaban J connectivity index is 0.00000131. The van der Waals surface area contributed by atoms with E-state index in [1.807, 2.05) is 47.8 Å². The maximum Gasteiger partial charge on any atom is 0.252 e. The predicted octanol–water partition coefficient (Wildman–Crippen LogP) is 4.81. The summed E-state index contributed by atoms with van der Waals surface area (Å²) in [6.45, 7) is 0. The first-order valence-corrected chi connectivity index (χ1v) is 9.59. The van der Waals surface area contributed by atoms with Gasteiger partial charge in [-0.1, -0.05) is 24.3 Å². The minimum absolute atomic E-state index is 0. The van der Waals surface area contributed by atoms with Crippen LogP contribution in [0.3, 0.4) is 0 Å². The number of nitrogens with one attached hydrogen (secondary N) is 1. The lowest BCUT2D eigenvalue weighted by Gasteiger charge is -2.27. The molecule has 4 rings (SSSR count). The van der Waals surface area contributed by atoms with Gasteiger partial charge >= 0.3 is 0 Å². The van der Waals surface area contributed by atoms with Crippen molar-refractivity contribution in [2.45, 2.75) is 37.8 Å². The van der Waals surface area contributed by atoms with Crippen LogP contribution in [0.25, 0.3) is 21.5 Å². The SMILES string of the molecule is Cl.Cl.NC1CCC(NC(=O)c2cc(-c3cccs3)nc3ccccc23)CC1. The zero-order chi connectivity index (χ0) is 17.2. The van der Waals surface area contributed by atoms with Crippen molar-refractivity contribution in [2.24, 2.45) is 5.73 Å². The third-order valence-electron chi connectivity index (χ3n) is 4.84. The molecular weight excluding hydrogens is 401 g/mol. The number of halogens is 2. The van der Waals surface area contributed by atoms with Gasteiger partial charge in [-0.05, 0) is 49.3 Å². The third-order valence-corrected chi connectivity index (χ3v) is 5.73. The number of carbonyl (C=O) groups is 1. The van der Waals surface area contributed by atoms with Crippen LogP contribution in [0.2, 0.25) is 0 Å². The molecule has 1 amide bonds. The second-order valence-corrected chi connectivity index (χ2v) is 7.58. The van der Waals surface area contributed by atoms with Gasteiger partial charge in [-0.25, -0.2) is 4.98 Å². The summed E-state index contributed by atoms with van der Waals surface area (Å²) < 4.78 is 0. The summed E-state index contributed by atoms with van der Waals surface area (Å²) in [4.78, 5) is 18.8. The van der Waals surface area contributed by atoms with Crippen LogP contribution in [0.5, 0.6) is 0 Å². The average Bonchev–Trinajstić information content (AvgIpc) is 3.17. The lowest BCUT2D eigenvalue weighted by molar-refractivity contribution is 0.0927. The van der Waals surface area contributed by atoms with Crippen LogP contribution in [-0.2, 0) is 0 Å². The Morgan fingerprint density at radius 2 is 1.81 bits per heavy atom. The van der Waals surface area contributed by atoms with Crippen LogP contribution in [0.1, 0.15) is 36.0 Å². The van der Waals surface area contributed by atoms with E-state index >= 15 is 0 Å². The van der Waals surface area contributed by atoms with Crippen molar-refractivity contribution in [1.29, 1.82) is 0 Å². The number of rotatable bonds is 3. The Morgan fingerprint density at radius 3 is 2.52 bits per heavy atom. The van der Waals surface area contributed by atoms with E-state index in [2.05, 4.69) is 5.32 Å². The van der Waals surface area contributed by atoms with Crippen LogP contribution < -0.4 is 11.1 Å². The molecule has 2 heterocycles. The number of fused-ring (bicyclic) bond motifs is 1. The molecule has 144 valence electrons. The van der Waals surface area contributed by atoms with Gasteiger partial charge in [0.15, 0.2) is 0 Å². The number of pyridine rings is 1. The topological polar surface area (TPSA) is 68.0 Å². The van der Waals surface area contributed by atoms with Crippen LogP contribution in [0.4, 0.5) is 0 Å². The molecule has 7 heteroatoms. The van der Waals surface area contributed by atoms with Crippen molar-refractivity contribution in [3.8, 4) is 10.6 Å². The summed E-state index contributed by atoms with van der Waals surface area (Å²) >= 11 is 1.63. The van der Waals surface area contributed by atoms with Crippen LogP contribution in [0.15, 0.2) is 47.8 Å². The standard InChI is InChI=1S/C20H21N3OS.2ClH/c21-13-7-9-14(10-8-13)22-20(24)16-12-18(19-6-3-11-25-19)23-17-5-2-1-4-15(16)17;;/h1-6,11-14H,7-10,21H2,(H,22,24);2*1H. The maximum absolute atomic E-state index is 13.0. The van der Waals surface area contributed by atoms with Gasteiger partial charge in [-0.15, -0.1) is 36.2 Å². The highest BCUT2D eigenvalue weighted by molar-refractivity contribution is 7.13. The fourth-order valence-electron chi connectivity index (χ4n) is 3.44. The predicted molar refractivity (Wildman–Crippen MR) is 117 cm³/mol. The molecule has 1 saturated carbocycles. The molecule has 0 spiro atoms. The highest BCUT2D eigenvalue weighted by Gasteiger charge is 2.22. The lowest BCUT2D eigenvalue weighted by Crippen LogP contribution is -2.40. The van der Waals surface area contributed by atoms with E-state index in [1.165, 1.54) is 0 Å². The minimum Gasteiger partial charge on any atom is -0.349 e. The van der Waals surface area contributed by atoms with E-state index in [1.54, 1.807) is 11.3 Å². The minimum atomic E-state index is -0.0168. The van der Waals surface area contributed by atoms with Crippen molar-refractivity contribution < 1.29 is 4.79 Å². The van der Waals surface area contributed by atoms with Crippen molar-refractivity contribution >= 4 is 53.0 Å². The first-order chi connectivity index (χ1) is 12.2. The molecule has 1 aliphatic rings. The van der Waals surface area contributed by atoms with E-state index in [4.69, 9.17) is 10.7 Å². The molecule has 0 bridgehead atoms. The lowest BCUT2D eigenvalue weighted by atomic mass is 9.91. The fourth-order valence-corrected chi connectivity index (χ4v) is 4.13. The first kappa shape index (κ1) is 21.6. The molecule has 0 unspecified atom stereocenters. The summed E-state index contributed by atoms with van der Waals surface area (Å²) in [6.07, 6.45) is 3.85. The second-order valence-electron chi connectivity index (χ2n) is 6.63. The van der Waals surface area contributed by atoms with Gasteiger partial charge in [0.2, 0.25) is 0 Å². The van der Waals surface area contributed by atoms with Crippen molar-refractivity contribution in [1.82, 2.24) is 10.3 Å². The number of carbonyl (C=O) groups excluding carboxylic acids is 1. The molecule has 0 radical (unpaired) electrons. The highest BCUT2D eigenvalue weighted by Crippen LogP contribution is 2.28. The number of para-hydroxylation sites is 1. The summed E-state index contributed by atoms with van der Waals surface area (Å²) in [5.41, 5.74) is 8.37. The van der Waals surface area contributed by atoms with Gasteiger partial charge in [-0.3, -0.25) is 4.79 Å². The van der Waals surface area contributed by atoms with Gasteiger partial charge in [-0.2, -0.15) is 0 Å². The molecule has 0 aliphatic heterocycles. The van der Waals surface area contributed by atoms with E-state index in [-0.39, 0.29) is 42.8 Å². The Bertz CT molecular complexity index is 893. The quantitative estimate of drug-likeness (QED) is 0.634. The zero-order valence-corrected chi connectivity index (χ0v) is 17.2. The maximum atomic E-state index is 13.0. The number of hydrogen-bond donors (Lipinski definition) is 2. The molecule has 0 saturated heterocycles. The van der Waals surface area contributed by atoms with Crippen molar-refractivity contribution in [3.63, 3.8) is 0 Å². The zero-order valence-electron chi connectivity index (χ0n) is 14.8. The second kappa shape index (κ2) is 9.51. The number of nitrogens with two attached hydrogens (primary N) is 1. The molecule has 27 heavy (non-hydrogen) atoms. The first-order valence-electron chi connectivity index (χ1n) is 8.71. The van der Waals surface area contributed by atoms with E-state index in [0.717, 1.165) is 47.2 Å². The molecule has 4 nitrogen and oxygen atoms in total. The molecule has 0 atom stereocenters. The summed E-state index contributed by atoms with van der Waals surface area (Å²) in [6, 6.07) is 14.3. The average molecular weight is 424 g/mol. The Labute approximate surface area is 175 Å². The smallest absolute Gasteiger partial charge is 0.252 e. The van der Waals surface area contributed by atoms with Gasteiger partial charge in [0.25, 0.3) is 5.91 Å². The number of benzene rings is 1. The molecule has 3 N–H and O–H groups in total. The summed E-state index contributed by atoms with van der Waals surface area (Å²) in [5, 5.41) is 6.12. The molecule has 1 aromatic carbocycles. The number of hydrogen-bond acceptors (Lipinski definition) is 4. The van der Waals surface area contributed by atoms with Crippen molar-refractivity contribution in [3.05, 3.63) is 53.4 Å². The third kappa shape index (κ3) is 4.79. The van der Waals surface area contributed by atoms with Crippen molar-refractivity contribution in [2.75, 3.05) is 0 Å². The highest BCUT2D eigenvalue weighted by atomic mass is 35.5. The summed E-state index contributed by atoms with van der Waals surface area (Å²) in [5.74, 6) is -0.0168. The van der Waals surface area contributed by atoms with Crippen LogP contribution in [0, 0.1) is 0 Å². The van der Waals surface area contributed by atoms with E-state index in [9.17, 15) is 4.79 Å². The fraction of sp³-hybridized carbons (Fsp3) is 0.300. The van der Waals surface area contributed by atoms with Gasteiger partial charge < -0.3 is 11.1 Å². The number of amides is 1. The monoisotopic (exact) mass is 423 g/mol. The van der Waals surface area contributed by atoms with Gasteiger partial charge in [0, 0.05) is 17.5 Å². The number of thiophene rings is 1. The molecule has 2 aromatic heterocycles. The number of aromatic nitrogens is 1. The summed E-state index contributed by atoms with van der Waals surface area (Å²) in [7, 11) is 0. The van der Waals surface area contributed by atoms with Gasteiger partial charge in [0.05, 0.1) is 21.7 Å². The Kier molecular flexibility index (Phi) is 7.62. The van der Waals surface area contributed by atoms with E-state index < -0.39 is 0 Å². The normalized spacial score (nSPS) is 19.0. The Morgan fingerprint density at radius 1 is 1.07 bits per heavy atom. The van der Waals surface area contributed by atoms with Crippen LogP contribution >= 0.6 is 36.2 Å². The molecule has 1 aliphatic carbocycles. The number of nitrogens with zero attached hydrogens (tertiary/aromatic N) is 1.